The second kappa shape index (κ2) is 10.1. The molecule has 0 heterocycles. The van der Waals surface area contributed by atoms with Gasteiger partial charge in [-0.05, 0) is 18.8 Å². The lowest BCUT2D eigenvalue weighted by Crippen LogP contribution is -2.42. The molecule has 0 radical (unpaired) electrons. The SMILES string of the molecule is C=C/C=C\C(C)CNC(=O)[C@@H](N)CCCNC(N)=O. The van der Waals surface area contributed by atoms with Crippen molar-refractivity contribution in [3.05, 3.63) is 24.8 Å². The Morgan fingerprint density at radius 1 is 1.37 bits per heavy atom. The van der Waals surface area contributed by atoms with Gasteiger partial charge in [0.25, 0.3) is 0 Å². The van der Waals surface area contributed by atoms with Crippen molar-refractivity contribution in [1.82, 2.24) is 10.6 Å². The van der Waals surface area contributed by atoms with Crippen molar-refractivity contribution in [2.45, 2.75) is 25.8 Å². The zero-order chi connectivity index (χ0) is 14.7. The zero-order valence-corrected chi connectivity index (χ0v) is 11.4. The summed E-state index contributed by atoms with van der Waals surface area (Å²) < 4.78 is 0. The topological polar surface area (TPSA) is 110 Å². The highest BCUT2D eigenvalue weighted by molar-refractivity contribution is 5.81. The van der Waals surface area contributed by atoms with Crippen molar-refractivity contribution >= 4 is 11.9 Å². The monoisotopic (exact) mass is 268 g/mol. The van der Waals surface area contributed by atoms with E-state index in [1.165, 1.54) is 0 Å². The van der Waals surface area contributed by atoms with Gasteiger partial charge in [-0.15, -0.1) is 0 Å². The number of nitrogens with one attached hydrogen (secondary N) is 2. The quantitative estimate of drug-likeness (QED) is 0.355. The van der Waals surface area contributed by atoms with Crippen LogP contribution in [0.1, 0.15) is 19.8 Å². The fourth-order valence-electron chi connectivity index (χ4n) is 1.39. The summed E-state index contributed by atoms with van der Waals surface area (Å²) in [7, 11) is 0. The van der Waals surface area contributed by atoms with Gasteiger partial charge in [0.05, 0.1) is 6.04 Å². The van der Waals surface area contributed by atoms with Gasteiger partial charge in [0.1, 0.15) is 0 Å². The highest BCUT2D eigenvalue weighted by Gasteiger charge is 2.13. The number of hydrogen-bond donors (Lipinski definition) is 4. The number of nitrogens with two attached hydrogens (primary N) is 2. The minimum absolute atomic E-state index is 0.182. The van der Waals surface area contributed by atoms with E-state index in [2.05, 4.69) is 17.2 Å². The van der Waals surface area contributed by atoms with Crippen LogP contribution in [0.25, 0.3) is 0 Å². The summed E-state index contributed by atoms with van der Waals surface area (Å²) >= 11 is 0. The Kier molecular flexibility index (Phi) is 9.16. The Hall–Kier alpha value is -1.82. The largest absolute Gasteiger partial charge is 0.354 e. The second-order valence-corrected chi connectivity index (χ2v) is 4.38. The Morgan fingerprint density at radius 3 is 2.63 bits per heavy atom. The van der Waals surface area contributed by atoms with Crippen LogP contribution in [-0.2, 0) is 4.79 Å². The number of carbonyl (C=O) groups is 2. The van der Waals surface area contributed by atoms with E-state index in [0.717, 1.165) is 0 Å². The van der Waals surface area contributed by atoms with Gasteiger partial charge in [0, 0.05) is 13.1 Å². The van der Waals surface area contributed by atoms with Crippen molar-refractivity contribution < 1.29 is 9.59 Å². The highest BCUT2D eigenvalue weighted by atomic mass is 16.2. The first-order valence-electron chi connectivity index (χ1n) is 6.33. The van der Waals surface area contributed by atoms with Crippen LogP contribution in [0.4, 0.5) is 4.79 Å². The standard InChI is InChI=1S/C13H24N4O2/c1-3-4-6-10(2)9-17-12(18)11(14)7-5-8-16-13(15)19/h3-4,6,10-11H,1,5,7-9,14H2,2H3,(H,17,18)(H3,15,16,19)/b6-4-/t10?,11-/m0/s1. The minimum Gasteiger partial charge on any atom is -0.354 e. The molecule has 0 fully saturated rings. The third-order valence-electron chi connectivity index (χ3n) is 2.50. The molecule has 0 saturated heterocycles. The molecule has 2 atom stereocenters. The van der Waals surface area contributed by atoms with Crippen molar-refractivity contribution in [3.63, 3.8) is 0 Å². The Morgan fingerprint density at radius 2 is 2.05 bits per heavy atom. The Labute approximate surface area is 114 Å². The van der Waals surface area contributed by atoms with E-state index < -0.39 is 12.1 Å². The molecule has 6 N–H and O–H groups in total. The lowest BCUT2D eigenvalue weighted by molar-refractivity contribution is -0.122. The number of hydrogen-bond acceptors (Lipinski definition) is 3. The van der Waals surface area contributed by atoms with Crippen LogP contribution in [0, 0.1) is 5.92 Å². The zero-order valence-electron chi connectivity index (χ0n) is 11.4. The molecule has 0 aliphatic heterocycles. The molecule has 0 aliphatic rings. The number of allylic oxidation sites excluding steroid dienone is 2. The van der Waals surface area contributed by atoms with Gasteiger partial charge >= 0.3 is 6.03 Å². The summed E-state index contributed by atoms with van der Waals surface area (Å²) in [6.07, 6.45) is 6.60. The van der Waals surface area contributed by atoms with E-state index in [4.69, 9.17) is 11.5 Å². The molecule has 0 spiro atoms. The molecule has 108 valence electrons. The first kappa shape index (κ1) is 17.2. The number of carbonyl (C=O) groups excluding carboxylic acids is 2. The van der Waals surface area contributed by atoms with E-state index in [1.807, 2.05) is 19.1 Å². The van der Waals surface area contributed by atoms with Gasteiger partial charge in [0.2, 0.25) is 5.91 Å². The molecule has 0 aliphatic carbocycles. The summed E-state index contributed by atoms with van der Waals surface area (Å²) in [6.45, 7) is 6.53. The molecule has 1 unspecified atom stereocenters. The molecular weight excluding hydrogens is 244 g/mol. The van der Waals surface area contributed by atoms with Gasteiger partial charge in [-0.25, -0.2) is 4.79 Å². The van der Waals surface area contributed by atoms with Gasteiger partial charge in [0.15, 0.2) is 0 Å². The van der Waals surface area contributed by atoms with Gasteiger partial charge in [-0.1, -0.05) is 31.7 Å². The van der Waals surface area contributed by atoms with Crippen LogP contribution >= 0.6 is 0 Å². The summed E-state index contributed by atoms with van der Waals surface area (Å²) in [6, 6.07) is -1.13. The van der Waals surface area contributed by atoms with Crippen molar-refractivity contribution in [1.29, 1.82) is 0 Å². The fraction of sp³-hybridized carbons (Fsp3) is 0.538. The molecule has 3 amide bonds. The Bertz CT molecular complexity index is 329. The molecule has 0 rings (SSSR count). The fourth-order valence-corrected chi connectivity index (χ4v) is 1.39. The van der Waals surface area contributed by atoms with Gasteiger partial charge < -0.3 is 22.1 Å². The predicted molar refractivity (Wildman–Crippen MR) is 76.3 cm³/mol. The van der Waals surface area contributed by atoms with Crippen molar-refractivity contribution in [2.75, 3.05) is 13.1 Å². The molecule has 0 saturated carbocycles. The molecule has 0 aromatic carbocycles. The number of rotatable bonds is 9. The van der Waals surface area contributed by atoms with E-state index >= 15 is 0 Å². The van der Waals surface area contributed by atoms with Crippen LogP contribution in [0.3, 0.4) is 0 Å². The number of primary amides is 1. The maximum absolute atomic E-state index is 11.7. The maximum atomic E-state index is 11.7. The predicted octanol–water partition coefficient (Wildman–Crippen LogP) is 0.257. The normalized spacial score (nSPS) is 13.8. The third-order valence-corrected chi connectivity index (χ3v) is 2.50. The molecule has 0 bridgehead atoms. The molecule has 0 aromatic heterocycles. The average Bonchev–Trinajstić information content (AvgIpc) is 2.37. The van der Waals surface area contributed by atoms with E-state index in [1.54, 1.807) is 6.08 Å². The van der Waals surface area contributed by atoms with Gasteiger partial charge in [-0.2, -0.15) is 0 Å². The van der Waals surface area contributed by atoms with Crippen molar-refractivity contribution in [2.24, 2.45) is 17.4 Å². The van der Waals surface area contributed by atoms with Crippen LogP contribution in [-0.4, -0.2) is 31.1 Å². The average molecular weight is 268 g/mol. The lowest BCUT2D eigenvalue weighted by Gasteiger charge is -2.14. The Balaban J connectivity index is 3.78. The lowest BCUT2D eigenvalue weighted by atomic mass is 10.1. The molecule has 19 heavy (non-hydrogen) atoms. The minimum atomic E-state index is -0.569. The van der Waals surface area contributed by atoms with E-state index in [9.17, 15) is 9.59 Å². The number of urea groups is 1. The summed E-state index contributed by atoms with van der Waals surface area (Å²) in [5, 5.41) is 5.23. The first-order valence-corrected chi connectivity index (χ1v) is 6.33. The van der Waals surface area contributed by atoms with Gasteiger partial charge in [-0.3, -0.25) is 4.79 Å². The smallest absolute Gasteiger partial charge is 0.312 e. The van der Waals surface area contributed by atoms with E-state index in [0.29, 0.717) is 25.9 Å². The van der Waals surface area contributed by atoms with Crippen LogP contribution in [0.15, 0.2) is 24.8 Å². The summed E-state index contributed by atoms with van der Waals surface area (Å²) in [4.78, 5) is 22.1. The first-order chi connectivity index (χ1) is 8.97. The summed E-state index contributed by atoms with van der Waals surface area (Å²) in [5.41, 5.74) is 10.6. The maximum Gasteiger partial charge on any atom is 0.312 e. The summed E-state index contributed by atoms with van der Waals surface area (Å²) in [5.74, 6) is 0.0450. The van der Waals surface area contributed by atoms with Crippen LogP contribution < -0.4 is 22.1 Å². The van der Waals surface area contributed by atoms with Crippen LogP contribution in [0.2, 0.25) is 0 Å². The molecule has 6 nitrogen and oxygen atoms in total. The molecule has 6 heteroatoms. The van der Waals surface area contributed by atoms with E-state index in [-0.39, 0.29) is 11.8 Å². The van der Waals surface area contributed by atoms with Crippen LogP contribution in [0.5, 0.6) is 0 Å². The molecular formula is C13H24N4O2. The number of amides is 3. The highest BCUT2D eigenvalue weighted by Crippen LogP contribution is 1.97. The second-order valence-electron chi connectivity index (χ2n) is 4.38. The molecule has 0 aromatic rings. The third kappa shape index (κ3) is 9.84. The van der Waals surface area contributed by atoms with Crippen molar-refractivity contribution in [3.8, 4) is 0 Å².